The monoisotopic (exact) mass is 274 g/mol. The van der Waals surface area contributed by atoms with Gasteiger partial charge in [0.15, 0.2) is 0 Å². The molecule has 1 saturated heterocycles. The zero-order valence-corrected chi connectivity index (χ0v) is 11.5. The number of ether oxygens (including phenoxy) is 2. The van der Waals surface area contributed by atoms with Crippen LogP contribution >= 0.6 is 0 Å². The Kier molecular flexibility index (Phi) is 4.97. The van der Waals surface area contributed by atoms with E-state index in [-0.39, 0.29) is 5.91 Å². The number of para-hydroxylation sites is 1. The van der Waals surface area contributed by atoms with Crippen molar-refractivity contribution >= 4 is 5.91 Å². The molecule has 106 valence electrons. The Balaban J connectivity index is 2.08. The fraction of sp³-hybridized carbons (Fsp3) is 0.467. The van der Waals surface area contributed by atoms with Gasteiger partial charge in [-0.05, 0) is 11.6 Å². The lowest BCUT2D eigenvalue weighted by molar-refractivity contribution is -0.137. The summed E-state index contributed by atoms with van der Waals surface area (Å²) in [5, 5.41) is 9.28. The van der Waals surface area contributed by atoms with E-state index in [1.807, 2.05) is 24.3 Å². The van der Waals surface area contributed by atoms with Gasteiger partial charge in [0.2, 0.25) is 5.91 Å². The van der Waals surface area contributed by atoms with Crippen molar-refractivity contribution in [2.24, 2.45) is 5.92 Å². The molecule has 0 bridgehead atoms. The first-order valence-corrected chi connectivity index (χ1v) is 6.64. The summed E-state index contributed by atoms with van der Waals surface area (Å²) in [4.78, 5) is 14.0. The number of amides is 1. The van der Waals surface area contributed by atoms with Crippen LogP contribution in [0.1, 0.15) is 5.56 Å². The van der Waals surface area contributed by atoms with Gasteiger partial charge in [0, 0.05) is 19.5 Å². The van der Waals surface area contributed by atoms with Crippen molar-refractivity contribution in [3.05, 3.63) is 29.8 Å². The molecule has 2 rings (SSSR count). The third-order valence-electron chi connectivity index (χ3n) is 3.39. The number of carbonyl (C=O) groups is 1. The minimum Gasteiger partial charge on any atom is -0.496 e. The van der Waals surface area contributed by atoms with Crippen molar-refractivity contribution in [1.29, 1.82) is 5.26 Å². The number of rotatable bonds is 4. The molecular formula is C15H18N2O3. The van der Waals surface area contributed by atoms with Crippen molar-refractivity contribution in [3.63, 3.8) is 0 Å². The predicted molar refractivity (Wildman–Crippen MR) is 73.2 cm³/mol. The van der Waals surface area contributed by atoms with Crippen molar-refractivity contribution in [1.82, 2.24) is 4.90 Å². The molecule has 1 unspecified atom stereocenters. The van der Waals surface area contributed by atoms with Crippen LogP contribution in [-0.4, -0.2) is 44.2 Å². The van der Waals surface area contributed by atoms with E-state index in [2.05, 4.69) is 6.07 Å². The number of hydrogen-bond acceptors (Lipinski definition) is 4. The molecule has 1 atom stereocenters. The van der Waals surface area contributed by atoms with Crippen LogP contribution in [0, 0.1) is 17.2 Å². The SMILES string of the molecule is COc1ccccc1CC(C#N)C(=O)N1CCOCC1. The molecular weight excluding hydrogens is 256 g/mol. The van der Waals surface area contributed by atoms with E-state index in [1.165, 1.54) is 0 Å². The Morgan fingerprint density at radius 1 is 1.45 bits per heavy atom. The minimum atomic E-state index is -0.676. The fourth-order valence-corrected chi connectivity index (χ4v) is 2.28. The summed E-state index contributed by atoms with van der Waals surface area (Å²) in [6.07, 6.45) is 0.372. The topological polar surface area (TPSA) is 62.6 Å². The molecule has 1 fully saturated rings. The standard InChI is InChI=1S/C15H18N2O3/c1-19-14-5-3-2-4-12(14)10-13(11-16)15(18)17-6-8-20-9-7-17/h2-5,13H,6-10H2,1H3. The number of nitrogens with zero attached hydrogens (tertiary/aromatic N) is 2. The molecule has 0 spiro atoms. The minimum absolute atomic E-state index is 0.123. The molecule has 0 aliphatic carbocycles. The highest BCUT2D eigenvalue weighted by Gasteiger charge is 2.26. The van der Waals surface area contributed by atoms with Crippen molar-refractivity contribution in [3.8, 4) is 11.8 Å². The summed E-state index contributed by atoms with van der Waals surface area (Å²) in [5.41, 5.74) is 0.878. The quantitative estimate of drug-likeness (QED) is 0.828. The van der Waals surface area contributed by atoms with E-state index in [0.717, 1.165) is 5.56 Å². The summed E-state index contributed by atoms with van der Waals surface area (Å²) in [7, 11) is 1.59. The van der Waals surface area contributed by atoms with Crippen LogP contribution in [0.2, 0.25) is 0 Å². The van der Waals surface area contributed by atoms with E-state index in [0.29, 0.717) is 38.5 Å². The zero-order chi connectivity index (χ0) is 14.4. The summed E-state index contributed by atoms with van der Waals surface area (Å²) < 4.78 is 10.5. The van der Waals surface area contributed by atoms with Crippen LogP contribution in [0.25, 0.3) is 0 Å². The van der Waals surface area contributed by atoms with Gasteiger partial charge in [-0.3, -0.25) is 4.79 Å². The maximum Gasteiger partial charge on any atom is 0.240 e. The molecule has 5 heteroatoms. The van der Waals surface area contributed by atoms with Crippen LogP contribution in [0.15, 0.2) is 24.3 Å². The number of methoxy groups -OCH3 is 1. The number of hydrogen-bond donors (Lipinski definition) is 0. The van der Waals surface area contributed by atoms with Crippen molar-refractivity contribution in [2.45, 2.75) is 6.42 Å². The second-order valence-corrected chi connectivity index (χ2v) is 4.64. The van der Waals surface area contributed by atoms with Crippen LogP contribution in [0.4, 0.5) is 0 Å². The summed E-state index contributed by atoms with van der Waals surface area (Å²) in [6.45, 7) is 2.20. The van der Waals surface area contributed by atoms with Crippen molar-refractivity contribution < 1.29 is 14.3 Å². The molecule has 0 N–H and O–H groups in total. The van der Waals surface area contributed by atoms with Gasteiger partial charge in [0.05, 0.1) is 26.4 Å². The maximum absolute atomic E-state index is 12.3. The molecule has 1 aliphatic rings. The molecule has 1 heterocycles. The van der Waals surface area contributed by atoms with E-state index in [4.69, 9.17) is 9.47 Å². The van der Waals surface area contributed by atoms with Crippen LogP contribution in [0.3, 0.4) is 0 Å². The van der Waals surface area contributed by atoms with Crippen LogP contribution in [0.5, 0.6) is 5.75 Å². The molecule has 0 saturated carbocycles. The third kappa shape index (κ3) is 3.28. The lowest BCUT2D eigenvalue weighted by atomic mass is 9.98. The van der Waals surface area contributed by atoms with E-state index < -0.39 is 5.92 Å². The second-order valence-electron chi connectivity index (χ2n) is 4.64. The van der Waals surface area contributed by atoms with Gasteiger partial charge >= 0.3 is 0 Å². The molecule has 0 aromatic heterocycles. The first-order chi connectivity index (χ1) is 9.76. The average Bonchev–Trinajstić information content (AvgIpc) is 2.53. The lowest BCUT2D eigenvalue weighted by Crippen LogP contribution is -2.44. The van der Waals surface area contributed by atoms with Gasteiger partial charge in [0.1, 0.15) is 11.7 Å². The number of carbonyl (C=O) groups excluding carboxylic acids is 1. The number of morpholine rings is 1. The lowest BCUT2D eigenvalue weighted by Gasteiger charge is -2.28. The molecule has 1 aromatic rings. The highest BCUT2D eigenvalue weighted by molar-refractivity contribution is 5.81. The van der Waals surface area contributed by atoms with Crippen LogP contribution in [-0.2, 0) is 16.0 Å². The van der Waals surface area contributed by atoms with Gasteiger partial charge in [-0.15, -0.1) is 0 Å². The Labute approximate surface area is 118 Å². The molecule has 5 nitrogen and oxygen atoms in total. The smallest absolute Gasteiger partial charge is 0.240 e. The van der Waals surface area contributed by atoms with Gasteiger partial charge in [0.25, 0.3) is 0 Å². The molecule has 1 amide bonds. The number of nitriles is 1. The van der Waals surface area contributed by atoms with E-state index in [9.17, 15) is 10.1 Å². The average molecular weight is 274 g/mol. The normalized spacial score (nSPS) is 16.3. The molecule has 20 heavy (non-hydrogen) atoms. The van der Waals surface area contributed by atoms with Gasteiger partial charge in [-0.25, -0.2) is 0 Å². The molecule has 0 radical (unpaired) electrons. The Hall–Kier alpha value is -2.06. The Morgan fingerprint density at radius 3 is 2.80 bits per heavy atom. The second kappa shape index (κ2) is 6.92. The first kappa shape index (κ1) is 14.4. The Morgan fingerprint density at radius 2 is 2.15 bits per heavy atom. The summed E-state index contributed by atoms with van der Waals surface area (Å²) in [6, 6.07) is 9.58. The zero-order valence-electron chi connectivity index (χ0n) is 11.5. The Bertz CT molecular complexity index is 504. The molecule has 1 aromatic carbocycles. The number of benzene rings is 1. The van der Waals surface area contributed by atoms with Gasteiger partial charge in [-0.2, -0.15) is 5.26 Å². The molecule has 1 aliphatic heterocycles. The van der Waals surface area contributed by atoms with Gasteiger partial charge in [-0.1, -0.05) is 18.2 Å². The highest BCUT2D eigenvalue weighted by Crippen LogP contribution is 2.22. The fourth-order valence-electron chi connectivity index (χ4n) is 2.28. The predicted octanol–water partition coefficient (Wildman–Crippen LogP) is 1.24. The largest absolute Gasteiger partial charge is 0.496 e. The third-order valence-corrected chi connectivity index (χ3v) is 3.39. The summed E-state index contributed by atoms with van der Waals surface area (Å²) >= 11 is 0. The van der Waals surface area contributed by atoms with E-state index >= 15 is 0 Å². The highest BCUT2D eigenvalue weighted by atomic mass is 16.5. The van der Waals surface area contributed by atoms with Crippen LogP contribution < -0.4 is 4.74 Å². The maximum atomic E-state index is 12.3. The van der Waals surface area contributed by atoms with Gasteiger partial charge < -0.3 is 14.4 Å². The van der Waals surface area contributed by atoms with Crippen molar-refractivity contribution in [2.75, 3.05) is 33.4 Å². The van der Waals surface area contributed by atoms with E-state index in [1.54, 1.807) is 12.0 Å². The summed E-state index contributed by atoms with van der Waals surface area (Å²) in [5.74, 6) is -0.0892. The first-order valence-electron chi connectivity index (χ1n) is 6.64.